The van der Waals surface area contributed by atoms with Crippen LogP contribution in [0.4, 0.5) is 0 Å². The normalized spacial score (nSPS) is 16.9. The molecule has 4 rings (SSSR count). The number of para-hydroxylation sites is 1. The van der Waals surface area contributed by atoms with Gasteiger partial charge in [0.15, 0.2) is 0 Å². The van der Waals surface area contributed by atoms with E-state index in [-0.39, 0.29) is 18.6 Å². The van der Waals surface area contributed by atoms with E-state index >= 15 is 0 Å². The van der Waals surface area contributed by atoms with Crippen LogP contribution in [-0.4, -0.2) is 42.0 Å². The molecule has 1 atom stereocenters. The number of ether oxygens (including phenoxy) is 1. The predicted molar refractivity (Wildman–Crippen MR) is 119 cm³/mol. The van der Waals surface area contributed by atoms with Crippen LogP contribution in [0.15, 0.2) is 41.8 Å². The molecule has 1 aliphatic heterocycles. The summed E-state index contributed by atoms with van der Waals surface area (Å²) in [6.07, 6.45) is 2.45. The summed E-state index contributed by atoms with van der Waals surface area (Å²) in [6.45, 7) is 5.55. The van der Waals surface area contributed by atoms with E-state index in [4.69, 9.17) is 4.74 Å². The molecule has 0 aliphatic carbocycles. The van der Waals surface area contributed by atoms with Crippen molar-refractivity contribution in [1.82, 2.24) is 15.2 Å². The molecular weight excluding hydrogens is 402 g/mol. The molecule has 1 fully saturated rings. The van der Waals surface area contributed by atoms with Gasteiger partial charge in [0.25, 0.3) is 0 Å². The highest BCUT2D eigenvalue weighted by atomic mass is 32.1. The molecule has 1 aromatic carbocycles. The Bertz CT molecular complexity index is 884. The minimum atomic E-state index is -0.0713. The zero-order chi connectivity index (χ0) is 20.1. The van der Waals surface area contributed by atoms with Gasteiger partial charge in [-0.25, -0.2) is 4.98 Å². The lowest BCUT2D eigenvalue weighted by molar-refractivity contribution is -0.126. The van der Waals surface area contributed by atoms with Gasteiger partial charge in [-0.15, -0.1) is 22.7 Å². The van der Waals surface area contributed by atoms with E-state index in [1.165, 1.54) is 17.7 Å². The zero-order valence-electron chi connectivity index (χ0n) is 16.7. The van der Waals surface area contributed by atoms with Crippen molar-refractivity contribution < 1.29 is 9.53 Å². The van der Waals surface area contributed by atoms with E-state index in [1.54, 1.807) is 22.7 Å². The molecule has 7 heteroatoms. The molecule has 0 spiro atoms. The summed E-state index contributed by atoms with van der Waals surface area (Å²) in [5.41, 5.74) is 0.982. The lowest BCUT2D eigenvalue weighted by atomic mass is 9.97. The number of likely N-dealkylation sites (tertiary alicyclic amines) is 1. The van der Waals surface area contributed by atoms with E-state index in [9.17, 15) is 4.79 Å². The number of piperidine rings is 1. The van der Waals surface area contributed by atoms with Gasteiger partial charge in [-0.2, -0.15) is 0 Å². The standard InChI is InChI=1S/C22H27N3O2S2/c1-16-8-10-25(11-9-16)18(20-7-4-12-28-20)13-23-21(26)14-27-15-22-24-17-5-2-3-6-19(17)29-22/h2-7,12,16,18H,8-11,13-15H2,1H3,(H,23,26)/t18-/m0/s1. The predicted octanol–water partition coefficient (Wildman–Crippen LogP) is 4.46. The molecule has 2 aromatic heterocycles. The number of hydrogen-bond acceptors (Lipinski definition) is 6. The van der Waals surface area contributed by atoms with Crippen LogP contribution in [0.2, 0.25) is 0 Å². The fourth-order valence-corrected chi connectivity index (χ4v) is 5.47. The summed E-state index contributed by atoms with van der Waals surface area (Å²) in [5.74, 6) is 0.721. The Morgan fingerprint density at radius 2 is 2.10 bits per heavy atom. The van der Waals surface area contributed by atoms with Gasteiger partial charge in [-0.1, -0.05) is 25.1 Å². The molecule has 3 aromatic rings. The molecular formula is C22H27N3O2S2. The van der Waals surface area contributed by atoms with E-state index in [0.29, 0.717) is 13.2 Å². The number of aromatic nitrogens is 1. The minimum absolute atomic E-state index is 0.0596. The second kappa shape index (κ2) is 9.80. The molecule has 0 bridgehead atoms. The molecule has 0 saturated carbocycles. The summed E-state index contributed by atoms with van der Waals surface area (Å²) in [7, 11) is 0. The number of carbonyl (C=O) groups is 1. The van der Waals surface area contributed by atoms with E-state index < -0.39 is 0 Å². The van der Waals surface area contributed by atoms with E-state index in [1.807, 2.05) is 18.2 Å². The van der Waals surface area contributed by atoms with Gasteiger partial charge in [-0.3, -0.25) is 9.69 Å². The molecule has 3 heterocycles. The van der Waals surface area contributed by atoms with Crippen molar-refractivity contribution in [2.24, 2.45) is 5.92 Å². The molecule has 0 unspecified atom stereocenters. The van der Waals surface area contributed by atoms with E-state index in [2.05, 4.69) is 45.7 Å². The van der Waals surface area contributed by atoms with Crippen LogP contribution in [0.25, 0.3) is 10.2 Å². The minimum Gasteiger partial charge on any atom is -0.364 e. The Balaban J connectivity index is 1.26. The third kappa shape index (κ3) is 5.42. The number of nitrogens with zero attached hydrogens (tertiary/aromatic N) is 2. The maximum absolute atomic E-state index is 12.3. The number of carbonyl (C=O) groups excluding carboxylic acids is 1. The van der Waals surface area contributed by atoms with Gasteiger partial charge < -0.3 is 10.1 Å². The van der Waals surface area contributed by atoms with Gasteiger partial charge in [0.1, 0.15) is 11.6 Å². The zero-order valence-corrected chi connectivity index (χ0v) is 18.3. The average Bonchev–Trinajstić information content (AvgIpc) is 3.39. The Hall–Kier alpha value is -1.80. The number of rotatable bonds is 8. The summed E-state index contributed by atoms with van der Waals surface area (Å²) in [4.78, 5) is 20.7. The first-order valence-electron chi connectivity index (χ1n) is 10.2. The fraction of sp³-hybridized carbons (Fsp3) is 0.455. The molecule has 1 N–H and O–H groups in total. The second-order valence-electron chi connectivity index (χ2n) is 7.62. The van der Waals surface area contributed by atoms with Crippen LogP contribution in [0.3, 0.4) is 0 Å². The van der Waals surface area contributed by atoms with Crippen LogP contribution >= 0.6 is 22.7 Å². The van der Waals surface area contributed by atoms with Crippen molar-refractivity contribution in [3.8, 4) is 0 Å². The maximum Gasteiger partial charge on any atom is 0.246 e. The molecule has 154 valence electrons. The third-order valence-electron chi connectivity index (χ3n) is 5.42. The Morgan fingerprint density at radius 1 is 1.28 bits per heavy atom. The second-order valence-corrected chi connectivity index (χ2v) is 9.72. The lowest BCUT2D eigenvalue weighted by Crippen LogP contribution is -2.42. The van der Waals surface area contributed by atoms with Gasteiger partial charge in [0, 0.05) is 11.4 Å². The topological polar surface area (TPSA) is 54.5 Å². The average molecular weight is 430 g/mol. The van der Waals surface area contributed by atoms with Crippen LogP contribution in [-0.2, 0) is 16.1 Å². The monoisotopic (exact) mass is 429 g/mol. The summed E-state index contributed by atoms with van der Waals surface area (Å²) in [6, 6.07) is 12.5. The van der Waals surface area contributed by atoms with Crippen LogP contribution < -0.4 is 5.32 Å². The Labute approximate surface area is 179 Å². The number of benzene rings is 1. The number of nitrogens with one attached hydrogen (secondary N) is 1. The van der Waals surface area contributed by atoms with Crippen LogP contribution in [0.1, 0.15) is 35.7 Å². The molecule has 0 radical (unpaired) electrons. The highest BCUT2D eigenvalue weighted by Crippen LogP contribution is 2.29. The third-order valence-corrected chi connectivity index (χ3v) is 7.40. The fourth-order valence-electron chi connectivity index (χ4n) is 3.70. The van der Waals surface area contributed by atoms with Crippen LogP contribution in [0.5, 0.6) is 0 Å². The largest absolute Gasteiger partial charge is 0.364 e. The molecule has 5 nitrogen and oxygen atoms in total. The first kappa shape index (κ1) is 20.5. The Kier molecular flexibility index (Phi) is 6.92. The van der Waals surface area contributed by atoms with Gasteiger partial charge in [0.05, 0.1) is 22.9 Å². The number of amides is 1. The van der Waals surface area contributed by atoms with Crippen molar-refractivity contribution in [2.75, 3.05) is 26.2 Å². The highest BCUT2D eigenvalue weighted by Gasteiger charge is 2.25. The van der Waals surface area contributed by atoms with Crippen molar-refractivity contribution in [3.05, 3.63) is 51.7 Å². The quantitative estimate of drug-likeness (QED) is 0.574. The molecule has 1 aliphatic rings. The van der Waals surface area contributed by atoms with Gasteiger partial charge >= 0.3 is 0 Å². The molecule has 29 heavy (non-hydrogen) atoms. The van der Waals surface area contributed by atoms with Crippen molar-refractivity contribution in [3.63, 3.8) is 0 Å². The molecule has 1 saturated heterocycles. The lowest BCUT2D eigenvalue weighted by Gasteiger charge is -2.36. The number of fused-ring (bicyclic) bond motifs is 1. The number of thiazole rings is 1. The smallest absolute Gasteiger partial charge is 0.246 e. The molecule has 1 amide bonds. The van der Waals surface area contributed by atoms with Gasteiger partial charge in [0.2, 0.25) is 5.91 Å². The Morgan fingerprint density at radius 3 is 2.86 bits per heavy atom. The SMILES string of the molecule is CC1CCN([C@@H](CNC(=O)COCc2nc3ccccc3s2)c2cccs2)CC1. The van der Waals surface area contributed by atoms with Crippen LogP contribution in [0, 0.1) is 5.92 Å². The van der Waals surface area contributed by atoms with Crippen molar-refractivity contribution in [1.29, 1.82) is 0 Å². The summed E-state index contributed by atoms with van der Waals surface area (Å²) < 4.78 is 6.76. The first-order chi connectivity index (χ1) is 14.2. The van der Waals surface area contributed by atoms with Crippen molar-refractivity contribution >= 4 is 38.8 Å². The highest BCUT2D eigenvalue weighted by molar-refractivity contribution is 7.18. The summed E-state index contributed by atoms with van der Waals surface area (Å²) in [5, 5.41) is 6.09. The number of hydrogen-bond donors (Lipinski definition) is 1. The van der Waals surface area contributed by atoms with Crippen molar-refractivity contribution in [2.45, 2.75) is 32.4 Å². The maximum atomic E-state index is 12.3. The van der Waals surface area contributed by atoms with E-state index in [0.717, 1.165) is 34.2 Å². The summed E-state index contributed by atoms with van der Waals surface area (Å²) >= 11 is 3.37. The first-order valence-corrected chi connectivity index (χ1v) is 11.8. The van der Waals surface area contributed by atoms with Gasteiger partial charge in [-0.05, 0) is 55.4 Å². The number of thiophene rings is 1.